The number of carbonyl (C=O) groups is 3. The molecule has 0 aromatic carbocycles. The van der Waals surface area contributed by atoms with Gasteiger partial charge in [0.2, 0.25) is 0 Å². The van der Waals surface area contributed by atoms with Gasteiger partial charge >= 0.3 is 12.0 Å². The lowest BCUT2D eigenvalue weighted by Crippen LogP contribution is -2.41. The summed E-state index contributed by atoms with van der Waals surface area (Å²) in [7, 11) is 0. The van der Waals surface area contributed by atoms with E-state index in [1.165, 1.54) is 21.8 Å². The molecule has 1 aromatic heterocycles. The van der Waals surface area contributed by atoms with Gasteiger partial charge in [-0.15, -0.1) is 11.3 Å². The third-order valence-corrected chi connectivity index (χ3v) is 5.30. The number of rotatable bonds is 6. The number of ether oxygens (including phenoxy) is 1. The van der Waals surface area contributed by atoms with Crippen LogP contribution in [0.1, 0.15) is 53.2 Å². The second-order valence-corrected chi connectivity index (χ2v) is 7.09. The molecule has 1 atom stereocenters. The number of urea groups is 1. The standard InChI is InChI=1S/C17H24N2O4S/c1-3-7-18-17(22)19-15(20)10-23-16(21)14-9-12-8-11(4-2)5-6-13(12)24-14/h9,11H,3-8,10H2,1-2H3,(H2,18,19,20,22)/t11-/m0/s1. The van der Waals surface area contributed by atoms with Crippen LogP contribution >= 0.6 is 11.3 Å². The van der Waals surface area contributed by atoms with E-state index in [0.717, 1.165) is 32.1 Å². The first-order chi connectivity index (χ1) is 11.5. The highest BCUT2D eigenvalue weighted by Gasteiger charge is 2.23. The summed E-state index contributed by atoms with van der Waals surface area (Å²) in [5, 5.41) is 4.64. The van der Waals surface area contributed by atoms with Crippen molar-refractivity contribution in [2.75, 3.05) is 13.2 Å². The number of hydrogen-bond acceptors (Lipinski definition) is 5. The van der Waals surface area contributed by atoms with Crippen molar-refractivity contribution in [3.63, 3.8) is 0 Å². The van der Waals surface area contributed by atoms with E-state index in [2.05, 4.69) is 17.6 Å². The molecule has 6 nitrogen and oxygen atoms in total. The highest BCUT2D eigenvalue weighted by atomic mass is 32.1. The molecule has 7 heteroatoms. The number of amides is 3. The minimum absolute atomic E-state index is 0.460. The quantitative estimate of drug-likeness (QED) is 0.771. The first kappa shape index (κ1) is 18.4. The van der Waals surface area contributed by atoms with E-state index in [0.29, 0.717) is 17.3 Å². The Morgan fingerprint density at radius 2 is 2.12 bits per heavy atom. The zero-order chi connectivity index (χ0) is 17.5. The van der Waals surface area contributed by atoms with Gasteiger partial charge in [0.15, 0.2) is 6.61 Å². The molecule has 0 radical (unpaired) electrons. The van der Waals surface area contributed by atoms with Gasteiger partial charge in [-0.25, -0.2) is 9.59 Å². The average Bonchev–Trinajstić information content (AvgIpc) is 3.00. The lowest BCUT2D eigenvalue weighted by Gasteiger charge is -2.19. The Morgan fingerprint density at radius 3 is 2.83 bits per heavy atom. The van der Waals surface area contributed by atoms with Crippen LogP contribution in [-0.2, 0) is 22.4 Å². The fourth-order valence-corrected chi connectivity index (χ4v) is 3.80. The second kappa shape index (κ2) is 8.82. The number of nitrogens with one attached hydrogen (secondary N) is 2. The van der Waals surface area contributed by atoms with Crippen LogP contribution < -0.4 is 10.6 Å². The largest absolute Gasteiger partial charge is 0.451 e. The normalized spacial score (nSPS) is 16.2. The summed E-state index contributed by atoms with van der Waals surface area (Å²) in [5.74, 6) is -0.459. The number of imide groups is 1. The molecule has 2 N–H and O–H groups in total. The van der Waals surface area contributed by atoms with Crippen LogP contribution in [0.15, 0.2) is 6.07 Å². The summed E-state index contributed by atoms with van der Waals surface area (Å²) in [6.07, 6.45) is 5.10. The third kappa shape index (κ3) is 5.06. The number of thiophene rings is 1. The Kier molecular flexibility index (Phi) is 6.78. The molecule has 3 amide bonds. The molecule has 1 aliphatic carbocycles. The van der Waals surface area contributed by atoms with Crippen LogP contribution in [0.4, 0.5) is 4.79 Å². The smallest absolute Gasteiger partial charge is 0.348 e. The van der Waals surface area contributed by atoms with Gasteiger partial charge in [0.25, 0.3) is 5.91 Å². The Balaban J connectivity index is 1.82. The summed E-state index contributed by atoms with van der Waals surface area (Å²) in [5.41, 5.74) is 1.23. The lowest BCUT2D eigenvalue weighted by atomic mass is 9.87. The summed E-state index contributed by atoms with van der Waals surface area (Å²) in [6, 6.07) is 1.31. The molecule has 0 bridgehead atoms. The fourth-order valence-electron chi connectivity index (χ4n) is 2.70. The predicted octanol–water partition coefficient (Wildman–Crippen LogP) is 2.66. The first-order valence-corrected chi connectivity index (χ1v) is 9.21. The fraction of sp³-hybridized carbons (Fsp3) is 0.588. The topological polar surface area (TPSA) is 84.5 Å². The van der Waals surface area contributed by atoms with E-state index in [1.54, 1.807) is 0 Å². The zero-order valence-corrected chi connectivity index (χ0v) is 15.0. The monoisotopic (exact) mass is 352 g/mol. The Labute approximate surface area is 146 Å². The summed E-state index contributed by atoms with van der Waals surface area (Å²) in [4.78, 5) is 36.8. The summed E-state index contributed by atoms with van der Waals surface area (Å²) >= 11 is 1.45. The molecular weight excluding hydrogens is 328 g/mol. The van der Waals surface area contributed by atoms with Gasteiger partial charge < -0.3 is 10.1 Å². The Morgan fingerprint density at radius 1 is 1.33 bits per heavy atom. The summed E-state index contributed by atoms with van der Waals surface area (Å²) in [6.45, 7) is 4.12. The van der Waals surface area contributed by atoms with Crippen molar-refractivity contribution in [1.29, 1.82) is 0 Å². The maximum Gasteiger partial charge on any atom is 0.348 e. The maximum atomic E-state index is 12.1. The molecule has 1 heterocycles. The third-order valence-electron chi connectivity index (χ3n) is 4.09. The number of fused-ring (bicyclic) bond motifs is 1. The maximum absolute atomic E-state index is 12.1. The molecule has 2 rings (SSSR count). The van der Waals surface area contributed by atoms with Gasteiger partial charge in [0.05, 0.1) is 0 Å². The van der Waals surface area contributed by atoms with Crippen molar-refractivity contribution in [3.8, 4) is 0 Å². The minimum atomic E-state index is -0.635. The van der Waals surface area contributed by atoms with E-state index < -0.39 is 24.5 Å². The van der Waals surface area contributed by atoms with E-state index in [-0.39, 0.29) is 0 Å². The zero-order valence-electron chi connectivity index (χ0n) is 14.1. The SMILES string of the molecule is CCCNC(=O)NC(=O)COC(=O)c1cc2c(s1)CC[C@H](CC)C2. The number of hydrogen-bond donors (Lipinski definition) is 2. The average molecular weight is 352 g/mol. The van der Waals surface area contributed by atoms with Crippen LogP contribution in [0.3, 0.4) is 0 Å². The molecule has 132 valence electrons. The summed E-state index contributed by atoms with van der Waals surface area (Å²) < 4.78 is 5.01. The number of carbonyl (C=O) groups excluding carboxylic acids is 3. The number of aryl methyl sites for hydroxylation is 1. The van der Waals surface area contributed by atoms with Gasteiger partial charge in [0, 0.05) is 11.4 Å². The van der Waals surface area contributed by atoms with Gasteiger partial charge in [-0.3, -0.25) is 10.1 Å². The van der Waals surface area contributed by atoms with E-state index in [1.807, 2.05) is 13.0 Å². The molecular formula is C17H24N2O4S. The van der Waals surface area contributed by atoms with Crippen LogP contribution in [0.25, 0.3) is 0 Å². The van der Waals surface area contributed by atoms with Gasteiger partial charge in [-0.1, -0.05) is 20.3 Å². The molecule has 0 aliphatic heterocycles. The minimum Gasteiger partial charge on any atom is -0.451 e. The van der Waals surface area contributed by atoms with Crippen molar-refractivity contribution in [1.82, 2.24) is 10.6 Å². The lowest BCUT2D eigenvalue weighted by molar-refractivity contribution is -0.123. The Bertz CT molecular complexity index is 612. The van der Waals surface area contributed by atoms with Crippen molar-refractivity contribution < 1.29 is 19.1 Å². The molecule has 0 saturated heterocycles. The predicted molar refractivity (Wildman–Crippen MR) is 92.2 cm³/mol. The highest BCUT2D eigenvalue weighted by Crippen LogP contribution is 2.33. The molecule has 0 spiro atoms. The molecule has 1 aromatic rings. The molecule has 0 saturated carbocycles. The van der Waals surface area contributed by atoms with Crippen LogP contribution in [0, 0.1) is 5.92 Å². The van der Waals surface area contributed by atoms with Crippen molar-refractivity contribution in [2.45, 2.75) is 46.0 Å². The molecule has 24 heavy (non-hydrogen) atoms. The van der Waals surface area contributed by atoms with Crippen molar-refractivity contribution >= 4 is 29.2 Å². The second-order valence-electron chi connectivity index (χ2n) is 5.96. The van der Waals surface area contributed by atoms with E-state index in [9.17, 15) is 14.4 Å². The first-order valence-electron chi connectivity index (χ1n) is 8.39. The van der Waals surface area contributed by atoms with Crippen LogP contribution in [-0.4, -0.2) is 31.1 Å². The van der Waals surface area contributed by atoms with E-state index in [4.69, 9.17) is 4.74 Å². The van der Waals surface area contributed by atoms with Gasteiger partial charge in [-0.2, -0.15) is 0 Å². The van der Waals surface area contributed by atoms with Crippen molar-refractivity contribution in [2.24, 2.45) is 5.92 Å². The van der Waals surface area contributed by atoms with Crippen molar-refractivity contribution in [3.05, 3.63) is 21.4 Å². The van der Waals surface area contributed by atoms with Crippen LogP contribution in [0.5, 0.6) is 0 Å². The van der Waals surface area contributed by atoms with Gasteiger partial charge in [-0.05, 0) is 43.2 Å². The van der Waals surface area contributed by atoms with Crippen LogP contribution in [0.2, 0.25) is 0 Å². The molecule has 1 aliphatic rings. The molecule has 0 unspecified atom stereocenters. The Hall–Kier alpha value is -1.89. The highest BCUT2D eigenvalue weighted by molar-refractivity contribution is 7.14. The van der Waals surface area contributed by atoms with Gasteiger partial charge in [0.1, 0.15) is 4.88 Å². The number of esters is 1. The molecule has 0 fully saturated rings. The van der Waals surface area contributed by atoms with E-state index >= 15 is 0 Å².